The molecule has 37 heavy (non-hydrogen) atoms. The molecule has 0 aliphatic carbocycles. The lowest BCUT2D eigenvalue weighted by molar-refractivity contribution is -0.274. The summed E-state index contributed by atoms with van der Waals surface area (Å²) in [6.45, 7) is 1.60. The van der Waals surface area contributed by atoms with Crippen molar-refractivity contribution in [2.24, 2.45) is 7.05 Å². The lowest BCUT2D eigenvalue weighted by atomic mass is 10.1. The summed E-state index contributed by atoms with van der Waals surface area (Å²) < 4.78 is 63.3. The molecule has 5 aromatic rings. The molecule has 13 heteroatoms. The Balaban J connectivity index is 1.79. The van der Waals surface area contributed by atoms with Crippen LogP contribution in [-0.4, -0.2) is 25.8 Å². The van der Waals surface area contributed by atoms with Crippen molar-refractivity contribution in [2.75, 3.05) is 0 Å². The van der Waals surface area contributed by atoms with Crippen LogP contribution < -0.4 is 15.9 Å². The number of pyridine rings is 1. The van der Waals surface area contributed by atoms with Crippen molar-refractivity contribution in [1.82, 2.24) is 14.3 Å². The number of hydrogen-bond acceptors (Lipinski definition) is 7. The smallest absolute Gasteiger partial charge is 0.505 e. The molecule has 0 aliphatic heterocycles. The molecule has 0 aliphatic rings. The topological polar surface area (TPSA) is 99.5 Å². The summed E-state index contributed by atoms with van der Waals surface area (Å²) in [5, 5.41) is 15.3. The first-order valence-corrected chi connectivity index (χ1v) is 11.3. The van der Waals surface area contributed by atoms with E-state index < -0.39 is 34.9 Å². The highest BCUT2D eigenvalue weighted by atomic mass is 32.2. The van der Waals surface area contributed by atoms with Crippen LogP contribution in [0.25, 0.3) is 27.7 Å². The summed E-state index contributed by atoms with van der Waals surface area (Å²) in [5.41, 5.74) is -1.30. The lowest BCUT2D eigenvalue weighted by Crippen LogP contribution is -2.22. The number of fused-ring (bicyclic) bond motifs is 3. The quantitative estimate of drug-likeness (QED) is 0.324. The van der Waals surface area contributed by atoms with E-state index in [-0.39, 0.29) is 37.5 Å². The SMILES string of the molecule is Cc1nn(C)c2c1c1oc(=O)c(Sc3cccc(F)c3)c(O)c1c(=O)n2-c1ccc(OC(F)(F)F)cc1. The second kappa shape index (κ2) is 8.69. The molecule has 0 amide bonds. The van der Waals surface area contributed by atoms with Crippen molar-refractivity contribution in [2.45, 2.75) is 23.1 Å². The van der Waals surface area contributed by atoms with Crippen LogP contribution in [0, 0.1) is 12.7 Å². The molecule has 2 aromatic carbocycles. The average molecular weight is 533 g/mol. The number of aryl methyl sites for hydroxylation is 2. The predicted octanol–water partition coefficient (Wildman–Crippen LogP) is 5.03. The third-order valence-electron chi connectivity index (χ3n) is 5.45. The largest absolute Gasteiger partial charge is 0.573 e. The summed E-state index contributed by atoms with van der Waals surface area (Å²) >= 11 is 0.714. The minimum atomic E-state index is -4.90. The van der Waals surface area contributed by atoms with E-state index in [1.807, 2.05) is 0 Å². The summed E-state index contributed by atoms with van der Waals surface area (Å²) in [6.07, 6.45) is -4.90. The van der Waals surface area contributed by atoms with Gasteiger partial charge in [-0.25, -0.2) is 9.18 Å². The Bertz CT molecular complexity index is 1810. The normalized spacial score (nSPS) is 11.9. The van der Waals surface area contributed by atoms with Gasteiger partial charge in [0.1, 0.15) is 27.5 Å². The van der Waals surface area contributed by atoms with E-state index in [2.05, 4.69) is 9.84 Å². The van der Waals surface area contributed by atoms with Gasteiger partial charge in [-0.05, 0) is 49.4 Å². The van der Waals surface area contributed by atoms with Crippen molar-refractivity contribution in [3.8, 4) is 17.2 Å². The second-order valence-corrected chi connectivity index (χ2v) is 9.00. The van der Waals surface area contributed by atoms with Crippen LogP contribution in [0.3, 0.4) is 0 Å². The molecule has 0 fully saturated rings. The Labute approximate surface area is 208 Å². The molecular weight excluding hydrogens is 518 g/mol. The molecule has 0 unspecified atom stereocenters. The number of rotatable bonds is 4. The highest BCUT2D eigenvalue weighted by Crippen LogP contribution is 2.38. The molecule has 1 N–H and O–H groups in total. The van der Waals surface area contributed by atoms with Crippen LogP contribution in [0.5, 0.6) is 11.5 Å². The Morgan fingerprint density at radius 1 is 1.08 bits per heavy atom. The van der Waals surface area contributed by atoms with Gasteiger partial charge < -0.3 is 14.3 Å². The van der Waals surface area contributed by atoms with Gasteiger partial charge in [0.15, 0.2) is 11.3 Å². The van der Waals surface area contributed by atoms with E-state index in [1.54, 1.807) is 6.92 Å². The maximum absolute atomic E-state index is 13.7. The maximum Gasteiger partial charge on any atom is 0.573 e. The fourth-order valence-corrected chi connectivity index (χ4v) is 4.91. The molecule has 3 aromatic heterocycles. The zero-order valence-electron chi connectivity index (χ0n) is 19.0. The summed E-state index contributed by atoms with van der Waals surface area (Å²) in [4.78, 5) is 26.5. The zero-order chi connectivity index (χ0) is 26.6. The Kier molecular flexibility index (Phi) is 5.74. The minimum Gasteiger partial charge on any atom is -0.505 e. The molecule has 0 radical (unpaired) electrons. The zero-order valence-corrected chi connectivity index (χ0v) is 19.8. The Morgan fingerprint density at radius 3 is 2.43 bits per heavy atom. The number of aromatic hydroxyl groups is 1. The van der Waals surface area contributed by atoms with Crippen LogP contribution in [0.4, 0.5) is 17.6 Å². The Hall–Kier alpha value is -4.26. The van der Waals surface area contributed by atoms with E-state index >= 15 is 0 Å². The van der Waals surface area contributed by atoms with E-state index in [4.69, 9.17) is 4.42 Å². The van der Waals surface area contributed by atoms with Gasteiger partial charge in [-0.1, -0.05) is 17.8 Å². The van der Waals surface area contributed by atoms with E-state index in [0.29, 0.717) is 17.5 Å². The summed E-state index contributed by atoms with van der Waals surface area (Å²) in [5.74, 6) is -1.74. The third-order valence-corrected chi connectivity index (χ3v) is 6.51. The summed E-state index contributed by atoms with van der Waals surface area (Å²) in [6, 6.07) is 9.80. The van der Waals surface area contributed by atoms with Gasteiger partial charge in [-0.15, -0.1) is 13.2 Å². The van der Waals surface area contributed by atoms with Gasteiger partial charge in [-0.3, -0.25) is 14.0 Å². The van der Waals surface area contributed by atoms with Crippen LogP contribution >= 0.6 is 11.8 Å². The predicted molar refractivity (Wildman–Crippen MR) is 126 cm³/mol. The number of nitrogens with zero attached hydrogens (tertiary/aromatic N) is 3. The first kappa shape index (κ1) is 24.4. The molecule has 0 atom stereocenters. The van der Waals surface area contributed by atoms with Gasteiger partial charge in [0.05, 0.1) is 16.8 Å². The standard InChI is InChI=1S/C24H15F4N3O5S/c1-11-16-19-17(18(32)20(23(34)35-19)37-15-5-3-4-12(25)10-15)22(33)31(21(16)30(2)29-11)13-6-8-14(9-7-13)36-24(26,27)28/h3-10,32H,1-2H3. The molecule has 0 spiro atoms. The highest BCUT2D eigenvalue weighted by Gasteiger charge is 2.31. The molecule has 3 heterocycles. The lowest BCUT2D eigenvalue weighted by Gasteiger charge is -2.14. The molecule has 0 saturated carbocycles. The molecular formula is C24H15F4N3O5S. The summed E-state index contributed by atoms with van der Waals surface area (Å²) in [7, 11) is 1.53. The third kappa shape index (κ3) is 4.31. The van der Waals surface area contributed by atoms with Crippen LogP contribution in [0.15, 0.2) is 72.3 Å². The van der Waals surface area contributed by atoms with E-state index in [0.717, 1.165) is 22.8 Å². The molecule has 8 nitrogen and oxygen atoms in total. The fraction of sp³-hybridized carbons (Fsp3) is 0.125. The van der Waals surface area contributed by atoms with Crippen LogP contribution in [0.1, 0.15) is 5.69 Å². The average Bonchev–Trinajstić information content (AvgIpc) is 3.10. The Morgan fingerprint density at radius 2 is 1.78 bits per heavy atom. The van der Waals surface area contributed by atoms with Crippen molar-refractivity contribution >= 4 is 33.8 Å². The van der Waals surface area contributed by atoms with Gasteiger partial charge in [0.2, 0.25) is 0 Å². The van der Waals surface area contributed by atoms with Crippen LogP contribution in [0.2, 0.25) is 0 Å². The number of alkyl halides is 3. The molecule has 0 saturated heterocycles. The maximum atomic E-state index is 13.7. The van der Waals surface area contributed by atoms with Gasteiger partial charge in [0.25, 0.3) is 5.56 Å². The van der Waals surface area contributed by atoms with E-state index in [1.165, 1.54) is 42.1 Å². The van der Waals surface area contributed by atoms with Gasteiger partial charge in [-0.2, -0.15) is 5.10 Å². The van der Waals surface area contributed by atoms with E-state index in [9.17, 15) is 32.3 Å². The minimum absolute atomic E-state index is 0.138. The monoisotopic (exact) mass is 533 g/mol. The van der Waals surface area contributed by atoms with Crippen molar-refractivity contribution in [3.05, 3.63) is 80.8 Å². The second-order valence-electron chi connectivity index (χ2n) is 7.92. The highest BCUT2D eigenvalue weighted by molar-refractivity contribution is 7.99. The number of hydrogen-bond donors (Lipinski definition) is 1. The number of halogens is 4. The fourth-order valence-electron chi connectivity index (χ4n) is 4.03. The number of ether oxygens (including phenoxy) is 1. The first-order chi connectivity index (χ1) is 17.4. The van der Waals surface area contributed by atoms with Crippen molar-refractivity contribution in [1.29, 1.82) is 0 Å². The molecule has 190 valence electrons. The van der Waals surface area contributed by atoms with Crippen molar-refractivity contribution in [3.63, 3.8) is 0 Å². The van der Waals surface area contributed by atoms with Gasteiger partial charge >= 0.3 is 12.0 Å². The number of benzene rings is 2. The molecule has 0 bridgehead atoms. The first-order valence-electron chi connectivity index (χ1n) is 10.5. The van der Waals surface area contributed by atoms with Gasteiger partial charge in [0, 0.05) is 11.9 Å². The molecule has 5 rings (SSSR count). The van der Waals surface area contributed by atoms with Crippen LogP contribution in [-0.2, 0) is 7.05 Å². The number of aromatic nitrogens is 3. The van der Waals surface area contributed by atoms with Crippen molar-refractivity contribution < 1.29 is 31.8 Å².